The van der Waals surface area contributed by atoms with E-state index in [0.717, 1.165) is 8.95 Å². The van der Waals surface area contributed by atoms with Gasteiger partial charge in [0.15, 0.2) is 6.61 Å². The van der Waals surface area contributed by atoms with Crippen LogP contribution in [0, 0.1) is 17.2 Å². The molecule has 0 radical (unpaired) electrons. The SMILES string of the molecule is CC(C)[C@@](C)(C#N)NC(=O)COc1ccc(Br)cc1Br. The summed E-state index contributed by atoms with van der Waals surface area (Å²) in [5, 5.41) is 11.8. The third kappa shape index (κ3) is 4.50. The van der Waals surface area contributed by atoms with Gasteiger partial charge in [0.05, 0.1) is 10.5 Å². The second-order valence-electron chi connectivity index (χ2n) is 4.88. The average molecular weight is 404 g/mol. The molecule has 0 fully saturated rings. The first-order chi connectivity index (χ1) is 9.28. The van der Waals surface area contributed by atoms with Gasteiger partial charge in [-0.15, -0.1) is 0 Å². The van der Waals surface area contributed by atoms with Crippen molar-refractivity contribution in [2.45, 2.75) is 26.3 Å². The van der Waals surface area contributed by atoms with Crippen molar-refractivity contribution in [3.63, 3.8) is 0 Å². The minimum absolute atomic E-state index is 0.0101. The highest BCUT2D eigenvalue weighted by atomic mass is 79.9. The Labute approximate surface area is 135 Å². The largest absolute Gasteiger partial charge is 0.483 e. The first kappa shape index (κ1) is 17.0. The Morgan fingerprint density at radius 2 is 2.15 bits per heavy atom. The highest BCUT2D eigenvalue weighted by Gasteiger charge is 2.30. The fourth-order valence-corrected chi connectivity index (χ4v) is 2.52. The molecule has 20 heavy (non-hydrogen) atoms. The van der Waals surface area contributed by atoms with Crippen LogP contribution in [0.15, 0.2) is 27.1 Å². The summed E-state index contributed by atoms with van der Waals surface area (Å²) in [5.41, 5.74) is -0.891. The molecule has 1 aromatic carbocycles. The van der Waals surface area contributed by atoms with E-state index in [2.05, 4.69) is 43.2 Å². The number of amides is 1. The van der Waals surface area contributed by atoms with Gasteiger partial charge in [-0.2, -0.15) is 5.26 Å². The molecular weight excluding hydrogens is 388 g/mol. The van der Waals surface area contributed by atoms with Crippen molar-refractivity contribution < 1.29 is 9.53 Å². The number of nitrogens with one attached hydrogen (secondary N) is 1. The highest BCUT2D eigenvalue weighted by molar-refractivity contribution is 9.11. The molecule has 0 heterocycles. The minimum Gasteiger partial charge on any atom is -0.483 e. The Bertz CT molecular complexity index is 540. The molecule has 1 N–H and O–H groups in total. The predicted octanol–water partition coefficient (Wildman–Crippen LogP) is 3.64. The van der Waals surface area contributed by atoms with E-state index in [1.807, 2.05) is 26.0 Å². The zero-order valence-electron chi connectivity index (χ0n) is 11.5. The van der Waals surface area contributed by atoms with Gasteiger partial charge in [-0.1, -0.05) is 29.8 Å². The highest BCUT2D eigenvalue weighted by Crippen LogP contribution is 2.28. The number of carbonyl (C=O) groups excluding carboxylic acids is 1. The summed E-state index contributed by atoms with van der Waals surface area (Å²) in [7, 11) is 0. The maximum atomic E-state index is 11.9. The quantitative estimate of drug-likeness (QED) is 0.816. The lowest BCUT2D eigenvalue weighted by atomic mass is 9.90. The van der Waals surface area contributed by atoms with Crippen LogP contribution in [0.2, 0.25) is 0 Å². The van der Waals surface area contributed by atoms with E-state index in [1.54, 1.807) is 13.0 Å². The lowest BCUT2D eigenvalue weighted by molar-refractivity contribution is -0.124. The van der Waals surface area contributed by atoms with E-state index >= 15 is 0 Å². The molecule has 6 heteroatoms. The fourth-order valence-electron chi connectivity index (χ4n) is 1.36. The number of nitrogens with zero attached hydrogens (tertiary/aromatic N) is 1. The van der Waals surface area contributed by atoms with Gasteiger partial charge in [-0.25, -0.2) is 0 Å². The number of rotatable bonds is 5. The molecule has 0 aromatic heterocycles. The van der Waals surface area contributed by atoms with Crippen LogP contribution in [0.5, 0.6) is 5.75 Å². The van der Waals surface area contributed by atoms with Crippen molar-refractivity contribution in [3.05, 3.63) is 27.1 Å². The monoisotopic (exact) mass is 402 g/mol. The second kappa shape index (κ2) is 7.09. The first-order valence-electron chi connectivity index (χ1n) is 6.08. The topological polar surface area (TPSA) is 62.1 Å². The van der Waals surface area contributed by atoms with Crippen LogP contribution in [-0.2, 0) is 4.79 Å². The number of hydrogen-bond donors (Lipinski definition) is 1. The molecule has 4 nitrogen and oxygen atoms in total. The third-order valence-electron chi connectivity index (χ3n) is 3.04. The van der Waals surface area contributed by atoms with Crippen LogP contribution in [0.3, 0.4) is 0 Å². The predicted molar refractivity (Wildman–Crippen MR) is 84.3 cm³/mol. The molecule has 0 bridgehead atoms. The van der Waals surface area contributed by atoms with Crippen LogP contribution in [0.4, 0.5) is 0 Å². The molecule has 108 valence electrons. The molecular formula is C14H16Br2N2O2. The number of nitriles is 1. The van der Waals surface area contributed by atoms with Gasteiger partial charge < -0.3 is 10.1 Å². The maximum absolute atomic E-state index is 11.9. The summed E-state index contributed by atoms with van der Waals surface area (Å²) in [4.78, 5) is 11.9. The molecule has 1 atom stereocenters. The fraction of sp³-hybridized carbons (Fsp3) is 0.429. The van der Waals surface area contributed by atoms with Crippen molar-refractivity contribution in [2.75, 3.05) is 6.61 Å². The van der Waals surface area contributed by atoms with Gasteiger partial charge in [-0.3, -0.25) is 4.79 Å². The Morgan fingerprint density at radius 1 is 1.50 bits per heavy atom. The molecule has 1 rings (SSSR count). The molecule has 0 aliphatic heterocycles. The summed E-state index contributed by atoms with van der Waals surface area (Å²) >= 11 is 6.70. The molecule has 0 aliphatic carbocycles. The smallest absolute Gasteiger partial charge is 0.259 e. The van der Waals surface area contributed by atoms with E-state index in [-0.39, 0.29) is 18.4 Å². The van der Waals surface area contributed by atoms with Gasteiger partial charge in [-0.05, 0) is 47.0 Å². The number of halogens is 2. The Kier molecular flexibility index (Phi) is 6.03. The summed E-state index contributed by atoms with van der Waals surface area (Å²) in [6.07, 6.45) is 0. The molecule has 0 saturated carbocycles. The molecule has 0 unspecified atom stereocenters. The van der Waals surface area contributed by atoms with E-state index in [1.165, 1.54) is 0 Å². The van der Waals surface area contributed by atoms with Crippen molar-refractivity contribution in [2.24, 2.45) is 5.92 Å². The summed E-state index contributed by atoms with van der Waals surface area (Å²) in [6, 6.07) is 7.54. The molecule has 0 aliphatic rings. The normalized spacial score (nSPS) is 13.4. The zero-order chi connectivity index (χ0) is 15.3. The third-order valence-corrected chi connectivity index (χ3v) is 4.15. The Hall–Kier alpha value is -1.06. The van der Waals surface area contributed by atoms with Crippen LogP contribution in [-0.4, -0.2) is 18.1 Å². The lowest BCUT2D eigenvalue weighted by Gasteiger charge is -2.27. The van der Waals surface area contributed by atoms with Crippen LogP contribution in [0.25, 0.3) is 0 Å². The van der Waals surface area contributed by atoms with E-state index in [9.17, 15) is 4.79 Å². The van der Waals surface area contributed by atoms with Gasteiger partial charge in [0.2, 0.25) is 0 Å². The van der Waals surface area contributed by atoms with Gasteiger partial charge in [0.1, 0.15) is 11.3 Å². The van der Waals surface area contributed by atoms with Crippen molar-refractivity contribution in [3.8, 4) is 11.8 Å². The van der Waals surface area contributed by atoms with E-state index in [0.29, 0.717) is 5.75 Å². The van der Waals surface area contributed by atoms with E-state index < -0.39 is 5.54 Å². The Balaban J connectivity index is 2.62. The summed E-state index contributed by atoms with van der Waals surface area (Å²) in [5.74, 6) is 0.264. The van der Waals surface area contributed by atoms with Crippen LogP contribution < -0.4 is 10.1 Å². The summed E-state index contributed by atoms with van der Waals surface area (Å²) in [6.45, 7) is 5.33. The van der Waals surface area contributed by atoms with E-state index in [4.69, 9.17) is 10.00 Å². The molecule has 1 amide bonds. The molecule has 0 saturated heterocycles. The van der Waals surface area contributed by atoms with Crippen LogP contribution in [0.1, 0.15) is 20.8 Å². The second-order valence-corrected chi connectivity index (χ2v) is 6.65. The number of hydrogen-bond acceptors (Lipinski definition) is 3. The first-order valence-corrected chi connectivity index (χ1v) is 7.67. The van der Waals surface area contributed by atoms with Crippen molar-refractivity contribution >= 4 is 37.8 Å². The standard InChI is InChI=1S/C14H16Br2N2O2/c1-9(2)14(3,8-17)18-13(19)7-20-12-5-4-10(15)6-11(12)16/h4-6,9H,7H2,1-3H3,(H,18,19)/t14-/m1/s1. The Morgan fingerprint density at radius 3 is 2.65 bits per heavy atom. The molecule has 0 spiro atoms. The van der Waals surface area contributed by atoms with Crippen molar-refractivity contribution in [1.29, 1.82) is 5.26 Å². The number of ether oxygens (including phenoxy) is 1. The van der Waals surface area contributed by atoms with Gasteiger partial charge >= 0.3 is 0 Å². The van der Waals surface area contributed by atoms with Gasteiger partial charge in [0, 0.05) is 4.47 Å². The molecule has 1 aromatic rings. The summed E-state index contributed by atoms with van der Waals surface area (Å²) < 4.78 is 7.11. The lowest BCUT2D eigenvalue weighted by Crippen LogP contribution is -2.50. The maximum Gasteiger partial charge on any atom is 0.259 e. The van der Waals surface area contributed by atoms with Crippen molar-refractivity contribution in [1.82, 2.24) is 5.32 Å². The number of benzene rings is 1. The zero-order valence-corrected chi connectivity index (χ0v) is 14.7. The number of carbonyl (C=O) groups is 1. The van der Waals surface area contributed by atoms with Gasteiger partial charge in [0.25, 0.3) is 5.91 Å². The van der Waals surface area contributed by atoms with Crippen LogP contribution >= 0.6 is 31.9 Å². The minimum atomic E-state index is -0.891. The average Bonchev–Trinajstić information content (AvgIpc) is 2.37.